The summed E-state index contributed by atoms with van der Waals surface area (Å²) in [5, 5.41) is 1.92. The number of pyridine rings is 1. The molecule has 1 aliphatic carbocycles. The smallest absolute Gasteiger partial charge is 0.159 e. The Morgan fingerprint density at radius 3 is 2.71 bits per heavy atom. The van der Waals surface area contributed by atoms with Crippen LogP contribution < -0.4 is 10.5 Å². The Balaban J connectivity index is 2.08. The predicted molar refractivity (Wildman–Crippen MR) is 95.3 cm³/mol. The molecule has 2 atom stereocenters. The van der Waals surface area contributed by atoms with Gasteiger partial charge in [0.15, 0.2) is 5.75 Å². The summed E-state index contributed by atoms with van der Waals surface area (Å²) in [6.07, 6.45) is 0.916. The van der Waals surface area contributed by atoms with E-state index in [1.807, 2.05) is 12.1 Å². The van der Waals surface area contributed by atoms with Gasteiger partial charge in [-0.05, 0) is 40.8 Å². The van der Waals surface area contributed by atoms with E-state index < -0.39 is 0 Å². The van der Waals surface area contributed by atoms with Gasteiger partial charge in [0.25, 0.3) is 0 Å². The van der Waals surface area contributed by atoms with E-state index in [4.69, 9.17) is 33.7 Å². The summed E-state index contributed by atoms with van der Waals surface area (Å²) in [7, 11) is 0. The molecule has 3 rings (SSSR count). The van der Waals surface area contributed by atoms with Crippen LogP contribution in [0.3, 0.4) is 0 Å². The minimum Gasteiger partial charge on any atom is -0.486 e. The quantitative estimate of drug-likeness (QED) is 0.550. The highest BCUT2D eigenvalue weighted by atomic mass is 127. The van der Waals surface area contributed by atoms with Crippen LogP contribution in [-0.2, 0) is 0 Å². The van der Waals surface area contributed by atoms with E-state index in [9.17, 15) is 0 Å². The molecule has 0 radical (unpaired) electrons. The Morgan fingerprint density at radius 2 is 2.10 bits per heavy atom. The Morgan fingerprint density at radius 1 is 1.38 bits per heavy atom. The zero-order valence-corrected chi connectivity index (χ0v) is 15.3. The van der Waals surface area contributed by atoms with Gasteiger partial charge in [-0.1, -0.05) is 37.0 Å². The molecular weight excluding hydrogens is 422 g/mol. The minimum atomic E-state index is -0.0480. The molecule has 1 saturated carbocycles. The molecule has 0 aliphatic heterocycles. The average Bonchev–Trinajstić information content (AvgIpc) is 2.41. The molecule has 1 heterocycles. The molecule has 0 amide bonds. The van der Waals surface area contributed by atoms with Crippen molar-refractivity contribution in [3.8, 4) is 5.75 Å². The van der Waals surface area contributed by atoms with Crippen LogP contribution in [0.25, 0.3) is 10.9 Å². The van der Waals surface area contributed by atoms with Crippen molar-refractivity contribution < 1.29 is 4.74 Å². The maximum atomic E-state index is 6.29. The van der Waals surface area contributed by atoms with Gasteiger partial charge in [-0.2, -0.15) is 0 Å². The van der Waals surface area contributed by atoms with Gasteiger partial charge in [-0.3, -0.25) is 0 Å². The summed E-state index contributed by atoms with van der Waals surface area (Å²) < 4.78 is 7.15. The number of halogens is 3. The number of rotatable bonds is 2. The van der Waals surface area contributed by atoms with Crippen molar-refractivity contribution in [1.29, 1.82) is 0 Å². The highest BCUT2D eigenvalue weighted by molar-refractivity contribution is 14.1. The first-order valence-electron chi connectivity index (χ1n) is 6.67. The molecule has 0 spiro atoms. The van der Waals surface area contributed by atoms with Crippen LogP contribution in [0, 0.1) is 8.99 Å². The lowest BCUT2D eigenvalue weighted by Gasteiger charge is -2.49. The van der Waals surface area contributed by atoms with E-state index in [2.05, 4.69) is 41.4 Å². The van der Waals surface area contributed by atoms with Crippen LogP contribution in [0.4, 0.5) is 0 Å². The number of aromatic nitrogens is 1. The van der Waals surface area contributed by atoms with Gasteiger partial charge in [0.2, 0.25) is 0 Å². The summed E-state index contributed by atoms with van der Waals surface area (Å²) in [4.78, 5) is 4.40. The predicted octanol–water partition coefficient (Wildman–Crippen LogP) is 4.65. The fraction of sp³-hybridized carbons (Fsp3) is 0.400. The number of ether oxygens (including phenoxy) is 1. The van der Waals surface area contributed by atoms with Crippen molar-refractivity contribution in [2.24, 2.45) is 11.1 Å². The lowest BCUT2D eigenvalue weighted by molar-refractivity contribution is -0.0396. The maximum Gasteiger partial charge on any atom is 0.159 e. The van der Waals surface area contributed by atoms with Gasteiger partial charge >= 0.3 is 0 Å². The number of nitrogens with two attached hydrogens (primary N) is 1. The monoisotopic (exact) mass is 436 g/mol. The first-order chi connectivity index (χ1) is 9.80. The summed E-state index contributed by atoms with van der Waals surface area (Å²) in [5.74, 6) is 0.738. The molecule has 2 aromatic rings. The standard InChI is InChI=1S/C15H15Cl2IN2O/c1-15(2)10(19)6-11(15)21-14-9(18)5-8(16)7-3-4-12(17)20-13(7)14/h3-5,10-11H,6,19H2,1-2H3. The minimum absolute atomic E-state index is 0.0480. The fourth-order valence-electron chi connectivity index (χ4n) is 2.54. The molecule has 112 valence electrons. The second kappa shape index (κ2) is 5.41. The summed E-state index contributed by atoms with van der Waals surface area (Å²) >= 11 is 14.5. The first kappa shape index (κ1) is 15.6. The Labute approximate surface area is 147 Å². The van der Waals surface area contributed by atoms with Gasteiger partial charge < -0.3 is 10.5 Å². The molecule has 0 saturated heterocycles. The van der Waals surface area contributed by atoms with Crippen LogP contribution in [0.2, 0.25) is 10.2 Å². The molecule has 1 fully saturated rings. The Hall–Kier alpha value is -0.300. The highest BCUT2D eigenvalue weighted by Crippen LogP contribution is 2.44. The molecule has 3 nitrogen and oxygen atoms in total. The third kappa shape index (κ3) is 2.60. The SMILES string of the molecule is CC1(C)C(N)CC1Oc1c(I)cc(Cl)c2ccc(Cl)nc12. The molecule has 0 bridgehead atoms. The van der Waals surface area contributed by atoms with Gasteiger partial charge in [0, 0.05) is 23.3 Å². The third-order valence-electron chi connectivity index (χ3n) is 4.32. The normalized spacial score (nSPS) is 23.9. The van der Waals surface area contributed by atoms with Gasteiger partial charge in [-0.25, -0.2) is 4.98 Å². The van der Waals surface area contributed by atoms with Crippen molar-refractivity contribution in [3.63, 3.8) is 0 Å². The molecule has 2 N–H and O–H groups in total. The lowest BCUT2D eigenvalue weighted by atomic mass is 9.65. The van der Waals surface area contributed by atoms with Crippen molar-refractivity contribution in [2.45, 2.75) is 32.4 Å². The van der Waals surface area contributed by atoms with Gasteiger partial charge in [0.05, 0.1) is 8.59 Å². The van der Waals surface area contributed by atoms with Crippen molar-refractivity contribution in [1.82, 2.24) is 4.98 Å². The molecule has 1 aliphatic rings. The zero-order valence-electron chi connectivity index (χ0n) is 11.7. The van der Waals surface area contributed by atoms with E-state index in [0.29, 0.717) is 15.7 Å². The maximum absolute atomic E-state index is 6.29. The molecular formula is C15H15Cl2IN2O. The van der Waals surface area contributed by atoms with Gasteiger partial charge in [-0.15, -0.1) is 0 Å². The van der Waals surface area contributed by atoms with Crippen LogP contribution >= 0.6 is 45.8 Å². The second-order valence-corrected chi connectivity index (χ2v) is 7.93. The number of nitrogens with zero attached hydrogens (tertiary/aromatic N) is 1. The average molecular weight is 437 g/mol. The van der Waals surface area contributed by atoms with Crippen molar-refractivity contribution in [3.05, 3.63) is 31.9 Å². The molecule has 1 aromatic carbocycles. The van der Waals surface area contributed by atoms with E-state index in [0.717, 1.165) is 21.1 Å². The first-order valence-corrected chi connectivity index (χ1v) is 8.50. The van der Waals surface area contributed by atoms with Crippen LogP contribution in [0.5, 0.6) is 5.75 Å². The number of benzene rings is 1. The Bertz CT molecular complexity index is 720. The van der Waals surface area contributed by atoms with Crippen LogP contribution in [-0.4, -0.2) is 17.1 Å². The summed E-state index contributed by atoms with van der Waals surface area (Å²) in [5.41, 5.74) is 6.72. The zero-order chi connectivity index (χ0) is 15.4. The van der Waals surface area contributed by atoms with Crippen molar-refractivity contribution in [2.75, 3.05) is 0 Å². The van der Waals surface area contributed by atoms with E-state index >= 15 is 0 Å². The highest BCUT2D eigenvalue weighted by Gasteiger charge is 2.48. The molecule has 21 heavy (non-hydrogen) atoms. The summed E-state index contributed by atoms with van der Waals surface area (Å²) in [6, 6.07) is 5.65. The number of hydrogen-bond donors (Lipinski definition) is 1. The van der Waals surface area contributed by atoms with Crippen LogP contribution in [0.1, 0.15) is 20.3 Å². The molecule has 6 heteroatoms. The number of hydrogen-bond acceptors (Lipinski definition) is 3. The molecule has 1 aromatic heterocycles. The van der Waals surface area contributed by atoms with E-state index in [1.54, 1.807) is 6.07 Å². The van der Waals surface area contributed by atoms with Crippen molar-refractivity contribution >= 4 is 56.7 Å². The topological polar surface area (TPSA) is 48.1 Å². The van der Waals surface area contributed by atoms with E-state index in [-0.39, 0.29) is 17.6 Å². The van der Waals surface area contributed by atoms with Gasteiger partial charge in [0.1, 0.15) is 16.8 Å². The largest absolute Gasteiger partial charge is 0.486 e. The third-order valence-corrected chi connectivity index (χ3v) is 5.64. The molecule has 2 unspecified atom stereocenters. The van der Waals surface area contributed by atoms with Crippen LogP contribution in [0.15, 0.2) is 18.2 Å². The second-order valence-electron chi connectivity index (χ2n) is 5.97. The summed E-state index contributed by atoms with van der Waals surface area (Å²) in [6.45, 7) is 4.24. The lowest BCUT2D eigenvalue weighted by Crippen LogP contribution is -2.60. The number of fused-ring (bicyclic) bond motifs is 1. The van der Waals surface area contributed by atoms with E-state index in [1.165, 1.54) is 0 Å². The Kier molecular flexibility index (Phi) is 4.01. The fourth-order valence-corrected chi connectivity index (χ4v) is 3.83.